The Kier molecular flexibility index (Phi) is 6.70. The zero-order valence-electron chi connectivity index (χ0n) is 17.7. The number of hydrogen-bond donors (Lipinski definition) is 2. The number of fused-ring (bicyclic) bond motifs is 1. The van der Waals surface area contributed by atoms with Crippen molar-refractivity contribution in [3.8, 4) is 22.1 Å². The van der Waals surface area contributed by atoms with Gasteiger partial charge in [0.15, 0.2) is 11.5 Å². The van der Waals surface area contributed by atoms with Gasteiger partial charge in [-0.1, -0.05) is 12.1 Å². The van der Waals surface area contributed by atoms with Crippen molar-refractivity contribution in [1.29, 1.82) is 0 Å². The highest BCUT2D eigenvalue weighted by molar-refractivity contribution is 7.21. The average molecular weight is 435 g/mol. The maximum atomic E-state index is 8.97. The molecule has 4 aromatic rings. The van der Waals surface area contributed by atoms with Crippen LogP contribution in [0.5, 0.6) is 11.5 Å². The summed E-state index contributed by atoms with van der Waals surface area (Å²) in [4.78, 5) is 4.76. The van der Waals surface area contributed by atoms with Gasteiger partial charge in [-0.25, -0.2) is 4.98 Å². The number of nitrogens with zero attached hydrogens (tertiary/aromatic N) is 1. The number of aliphatic hydroxyl groups excluding tert-OH is 1. The molecule has 1 heterocycles. The number of benzene rings is 3. The molecule has 0 atom stereocenters. The molecule has 3 aromatic carbocycles. The molecule has 0 aliphatic heterocycles. The molecule has 6 heteroatoms. The fourth-order valence-electron chi connectivity index (χ4n) is 3.30. The lowest BCUT2D eigenvalue weighted by atomic mass is 10.1. The van der Waals surface area contributed by atoms with Crippen LogP contribution in [0, 0.1) is 6.92 Å². The van der Waals surface area contributed by atoms with Gasteiger partial charge in [-0.05, 0) is 73.5 Å². The van der Waals surface area contributed by atoms with Gasteiger partial charge in [-0.15, -0.1) is 11.3 Å². The fourth-order valence-corrected chi connectivity index (χ4v) is 4.36. The molecule has 1 aromatic heterocycles. The van der Waals surface area contributed by atoms with E-state index < -0.39 is 0 Å². The molecular weight excluding hydrogens is 408 g/mol. The van der Waals surface area contributed by atoms with Crippen LogP contribution >= 0.6 is 11.3 Å². The van der Waals surface area contributed by atoms with Crippen LogP contribution in [0.25, 0.3) is 20.8 Å². The van der Waals surface area contributed by atoms with E-state index >= 15 is 0 Å². The predicted molar refractivity (Wildman–Crippen MR) is 127 cm³/mol. The van der Waals surface area contributed by atoms with Crippen molar-refractivity contribution in [2.75, 3.05) is 25.1 Å². The number of rotatable bonds is 9. The van der Waals surface area contributed by atoms with E-state index in [1.54, 1.807) is 11.3 Å². The summed E-state index contributed by atoms with van der Waals surface area (Å²) in [6.07, 6.45) is 0. The zero-order chi connectivity index (χ0) is 21.6. The van der Waals surface area contributed by atoms with Crippen LogP contribution in [0.15, 0.2) is 60.7 Å². The standard InChI is InChI=1S/C25H26N2O3S/c1-3-29-23-15-18(5-11-22(23)30-13-12-28)16-26-20-8-6-19(7-9-20)25-27-21-10-4-17(2)14-24(21)31-25/h4-11,14-15,26,28H,3,12-13,16H2,1-2H3. The van der Waals surface area contributed by atoms with Crippen LogP contribution in [0.1, 0.15) is 18.1 Å². The fraction of sp³-hybridized carbons (Fsp3) is 0.240. The lowest BCUT2D eigenvalue weighted by molar-refractivity contribution is 0.194. The minimum atomic E-state index is -0.0263. The SMILES string of the molecule is CCOc1cc(CNc2ccc(-c3nc4ccc(C)cc4s3)cc2)ccc1OCCO. The van der Waals surface area contributed by atoms with Crippen molar-refractivity contribution in [3.63, 3.8) is 0 Å². The van der Waals surface area contributed by atoms with E-state index in [1.807, 2.05) is 25.1 Å². The van der Waals surface area contributed by atoms with Crippen LogP contribution in [-0.4, -0.2) is 29.9 Å². The molecule has 31 heavy (non-hydrogen) atoms. The number of anilines is 1. The highest BCUT2D eigenvalue weighted by atomic mass is 32.1. The molecule has 4 rings (SSSR count). The van der Waals surface area contributed by atoms with Gasteiger partial charge in [0.1, 0.15) is 11.6 Å². The molecule has 5 nitrogen and oxygen atoms in total. The van der Waals surface area contributed by atoms with E-state index in [-0.39, 0.29) is 13.2 Å². The smallest absolute Gasteiger partial charge is 0.161 e. The van der Waals surface area contributed by atoms with Crippen molar-refractivity contribution in [3.05, 3.63) is 71.8 Å². The Morgan fingerprint density at radius 3 is 2.58 bits per heavy atom. The summed E-state index contributed by atoms with van der Waals surface area (Å²) in [6.45, 7) is 5.49. The van der Waals surface area contributed by atoms with Crippen molar-refractivity contribution >= 4 is 27.2 Å². The Bertz CT molecular complexity index is 1160. The maximum absolute atomic E-state index is 8.97. The normalized spacial score (nSPS) is 10.9. The number of nitrogens with one attached hydrogen (secondary N) is 1. The second kappa shape index (κ2) is 9.81. The van der Waals surface area contributed by atoms with E-state index in [0.717, 1.165) is 27.3 Å². The molecule has 0 saturated heterocycles. The number of aromatic nitrogens is 1. The van der Waals surface area contributed by atoms with Gasteiger partial charge >= 0.3 is 0 Å². The highest BCUT2D eigenvalue weighted by Gasteiger charge is 2.08. The van der Waals surface area contributed by atoms with E-state index in [4.69, 9.17) is 19.6 Å². The van der Waals surface area contributed by atoms with Crippen LogP contribution in [-0.2, 0) is 6.54 Å². The third-order valence-corrected chi connectivity index (χ3v) is 5.90. The third-order valence-electron chi connectivity index (χ3n) is 4.83. The van der Waals surface area contributed by atoms with Crippen molar-refractivity contribution < 1.29 is 14.6 Å². The highest BCUT2D eigenvalue weighted by Crippen LogP contribution is 2.32. The first-order valence-electron chi connectivity index (χ1n) is 10.4. The number of hydrogen-bond acceptors (Lipinski definition) is 6. The van der Waals surface area contributed by atoms with E-state index in [1.165, 1.54) is 10.3 Å². The van der Waals surface area contributed by atoms with Gasteiger partial charge in [0, 0.05) is 17.8 Å². The minimum absolute atomic E-state index is 0.0263. The first-order chi connectivity index (χ1) is 15.2. The monoisotopic (exact) mass is 434 g/mol. The molecule has 160 valence electrons. The van der Waals surface area contributed by atoms with Crippen LogP contribution in [0.4, 0.5) is 5.69 Å². The van der Waals surface area contributed by atoms with Gasteiger partial charge in [0.25, 0.3) is 0 Å². The summed E-state index contributed by atoms with van der Waals surface area (Å²) in [7, 11) is 0. The maximum Gasteiger partial charge on any atom is 0.161 e. The topological polar surface area (TPSA) is 63.6 Å². The van der Waals surface area contributed by atoms with Crippen LogP contribution in [0.3, 0.4) is 0 Å². The molecule has 2 N–H and O–H groups in total. The Balaban J connectivity index is 1.43. The molecule has 0 amide bonds. The number of ether oxygens (including phenoxy) is 2. The van der Waals surface area contributed by atoms with Gasteiger partial charge in [-0.3, -0.25) is 0 Å². The molecule has 0 bridgehead atoms. The summed E-state index contributed by atoms with van der Waals surface area (Å²) in [5, 5.41) is 13.5. The number of thiazole rings is 1. The Morgan fingerprint density at radius 2 is 1.81 bits per heavy atom. The van der Waals surface area contributed by atoms with Gasteiger partial charge < -0.3 is 19.9 Å². The molecule has 0 spiro atoms. The minimum Gasteiger partial charge on any atom is -0.490 e. The summed E-state index contributed by atoms with van der Waals surface area (Å²) < 4.78 is 12.4. The Labute approximate surface area is 186 Å². The molecule has 0 fully saturated rings. The molecular formula is C25H26N2O3S. The second-order valence-corrected chi connectivity index (χ2v) is 8.24. The number of aliphatic hydroxyl groups is 1. The summed E-state index contributed by atoms with van der Waals surface area (Å²) in [5.41, 5.74) is 5.55. The third kappa shape index (κ3) is 5.16. The van der Waals surface area contributed by atoms with Crippen molar-refractivity contribution in [2.45, 2.75) is 20.4 Å². The van der Waals surface area contributed by atoms with E-state index in [0.29, 0.717) is 24.7 Å². The Morgan fingerprint density at radius 1 is 0.968 bits per heavy atom. The lowest BCUT2D eigenvalue weighted by Crippen LogP contribution is -2.05. The average Bonchev–Trinajstić information content (AvgIpc) is 3.21. The first-order valence-corrected chi connectivity index (χ1v) is 11.2. The summed E-state index contributed by atoms with van der Waals surface area (Å²) >= 11 is 1.72. The van der Waals surface area contributed by atoms with Crippen LogP contribution < -0.4 is 14.8 Å². The van der Waals surface area contributed by atoms with Gasteiger partial charge in [-0.2, -0.15) is 0 Å². The van der Waals surface area contributed by atoms with Crippen molar-refractivity contribution in [2.24, 2.45) is 0 Å². The summed E-state index contributed by atoms with van der Waals surface area (Å²) in [5.74, 6) is 1.34. The van der Waals surface area contributed by atoms with Gasteiger partial charge in [0.2, 0.25) is 0 Å². The lowest BCUT2D eigenvalue weighted by Gasteiger charge is -2.13. The molecule has 0 aliphatic rings. The predicted octanol–water partition coefficient (Wildman–Crippen LogP) is 5.65. The quantitative estimate of drug-likeness (QED) is 0.356. The second-order valence-electron chi connectivity index (χ2n) is 7.21. The van der Waals surface area contributed by atoms with Crippen LogP contribution in [0.2, 0.25) is 0 Å². The van der Waals surface area contributed by atoms with Gasteiger partial charge in [0.05, 0.1) is 23.4 Å². The molecule has 0 unspecified atom stereocenters. The molecule has 0 aliphatic carbocycles. The van der Waals surface area contributed by atoms with E-state index in [9.17, 15) is 0 Å². The zero-order valence-corrected chi connectivity index (χ0v) is 18.5. The number of aryl methyl sites for hydroxylation is 1. The Hall–Kier alpha value is -3.09. The largest absolute Gasteiger partial charge is 0.490 e. The molecule has 0 radical (unpaired) electrons. The summed E-state index contributed by atoms with van der Waals surface area (Å²) in [6, 6.07) is 20.6. The first kappa shape index (κ1) is 21.2. The molecule has 0 saturated carbocycles. The van der Waals surface area contributed by atoms with Crippen molar-refractivity contribution in [1.82, 2.24) is 4.98 Å². The van der Waals surface area contributed by atoms with E-state index in [2.05, 4.69) is 54.7 Å².